The zero-order valence-electron chi connectivity index (χ0n) is 8.20. The summed E-state index contributed by atoms with van der Waals surface area (Å²) in [4.78, 5) is 9.80. The second-order valence-electron chi connectivity index (χ2n) is 2.98. The quantitative estimate of drug-likeness (QED) is 0.941. The van der Waals surface area contributed by atoms with Gasteiger partial charge in [-0.25, -0.2) is 4.98 Å². The first kappa shape index (κ1) is 10.6. The molecule has 1 N–H and O–H groups in total. The van der Waals surface area contributed by atoms with Crippen LogP contribution in [0.2, 0.25) is 0 Å². The van der Waals surface area contributed by atoms with Crippen molar-refractivity contribution < 1.29 is 0 Å². The molecule has 0 radical (unpaired) electrons. The van der Waals surface area contributed by atoms with Gasteiger partial charge < -0.3 is 5.32 Å². The molecule has 0 spiro atoms. The van der Waals surface area contributed by atoms with Crippen molar-refractivity contribution in [1.82, 2.24) is 9.97 Å². The number of hydrogen-bond donors (Lipinski definition) is 1. The minimum Gasteiger partial charge on any atom is -0.365 e. The van der Waals surface area contributed by atoms with Gasteiger partial charge in [-0.15, -0.1) is 11.3 Å². The van der Waals surface area contributed by atoms with E-state index in [1.165, 1.54) is 4.88 Å². The molecule has 0 bridgehead atoms. The summed E-state index contributed by atoms with van der Waals surface area (Å²) >= 11 is 5.09. The highest BCUT2D eigenvalue weighted by atomic mass is 79.9. The molecule has 0 aromatic carbocycles. The molecule has 2 heterocycles. The van der Waals surface area contributed by atoms with Crippen molar-refractivity contribution in [3.8, 4) is 0 Å². The Labute approximate surface area is 101 Å². The average Bonchev–Trinajstić information content (AvgIpc) is 2.61. The van der Waals surface area contributed by atoms with Crippen LogP contribution >= 0.6 is 27.3 Å². The standard InChI is InChI=1S/C10H10BrN3S/c1-12-10-14-9(11)8(15-10)6-7-4-2-3-5-13-7/h2-5H,6H2,1H3,(H,12,14). The number of thiazole rings is 1. The average molecular weight is 284 g/mol. The van der Waals surface area contributed by atoms with Crippen molar-refractivity contribution in [2.45, 2.75) is 6.42 Å². The highest BCUT2D eigenvalue weighted by Gasteiger charge is 2.08. The van der Waals surface area contributed by atoms with Crippen molar-refractivity contribution in [2.24, 2.45) is 0 Å². The van der Waals surface area contributed by atoms with Crippen LogP contribution in [0.25, 0.3) is 0 Å². The van der Waals surface area contributed by atoms with Crippen LogP contribution in [0.1, 0.15) is 10.6 Å². The van der Waals surface area contributed by atoms with Gasteiger partial charge in [0.1, 0.15) is 4.60 Å². The molecule has 2 aromatic heterocycles. The Kier molecular flexibility index (Phi) is 3.33. The van der Waals surface area contributed by atoms with E-state index in [1.807, 2.05) is 31.4 Å². The summed E-state index contributed by atoms with van der Waals surface area (Å²) in [5, 5.41) is 3.95. The lowest BCUT2D eigenvalue weighted by Crippen LogP contribution is -1.88. The SMILES string of the molecule is CNc1nc(Br)c(Cc2ccccn2)s1. The Hall–Kier alpha value is -0.940. The smallest absolute Gasteiger partial charge is 0.183 e. The second kappa shape index (κ2) is 4.72. The van der Waals surface area contributed by atoms with Gasteiger partial charge in [-0.2, -0.15) is 0 Å². The number of halogens is 1. The topological polar surface area (TPSA) is 37.8 Å². The number of nitrogens with zero attached hydrogens (tertiary/aromatic N) is 2. The van der Waals surface area contributed by atoms with E-state index in [1.54, 1.807) is 11.3 Å². The fourth-order valence-corrected chi connectivity index (χ4v) is 2.72. The molecule has 5 heteroatoms. The third-order valence-electron chi connectivity index (χ3n) is 1.93. The second-order valence-corrected chi connectivity index (χ2v) is 4.82. The van der Waals surface area contributed by atoms with Gasteiger partial charge in [0.15, 0.2) is 5.13 Å². The molecule has 0 saturated carbocycles. The monoisotopic (exact) mass is 283 g/mol. The molecule has 0 amide bonds. The number of hydrogen-bond acceptors (Lipinski definition) is 4. The number of pyridine rings is 1. The lowest BCUT2D eigenvalue weighted by molar-refractivity contribution is 1.08. The van der Waals surface area contributed by atoms with E-state index in [4.69, 9.17) is 0 Å². The predicted molar refractivity (Wildman–Crippen MR) is 66.4 cm³/mol. The van der Waals surface area contributed by atoms with E-state index >= 15 is 0 Å². The molecule has 0 aliphatic carbocycles. The van der Waals surface area contributed by atoms with Gasteiger partial charge in [0, 0.05) is 30.2 Å². The Morgan fingerprint density at radius 3 is 2.93 bits per heavy atom. The largest absolute Gasteiger partial charge is 0.365 e. The molecule has 78 valence electrons. The summed E-state index contributed by atoms with van der Waals surface area (Å²) in [6.07, 6.45) is 2.63. The Morgan fingerprint density at radius 1 is 1.47 bits per heavy atom. The number of anilines is 1. The summed E-state index contributed by atoms with van der Waals surface area (Å²) in [6.45, 7) is 0. The maximum absolute atomic E-state index is 4.32. The lowest BCUT2D eigenvalue weighted by Gasteiger charge is -1.96. The zero-order chi connectivity index (χ0) is 10.7. The molecule has 0 aliphatic heterocycles. The maximum atomic E-state index is 4.32. The van der Waals surface area contributed by atoms with E-state index in [9.17, 15) is 0 Å². The van der Waals surface area contributed by atoms with Crippen LogP contribution in [-0.4, -0.2) is 17.0 Å². The third-order valence-corrected chi connectivity index (χ3v) is 3.92. The van der Waals surface area contributed by atoms with Crippen molar-refractivity contribution >= 4 is 32.4 Å². The van der Waals surface area contributed by atoms with E-state index in [0.717, 1.165) is 21.8 Å². The summed E-state index contributed by atoms with van der Waals surface area (Å²) in [5.74, 6) is 0. The molecule has 0 atom stereocenters. The van der Waals surface area contributed by atoms with Gasteiger partial charge in [-0.05, 0) is 28.1 Å². The highest BCUT2D eigenvalue weighted by Crippen LogP contribution is 2.28. The van der Waals surface area contributed by atoms with Gasteiger partial charge in [-0.1, -0.05) is 6.07 Å². The molecule has 0 aliphatic rings. The molecule has 0 unspecified atom stereocenters. The van der Waals surface area contributed by atoms with Gasteiger partial charge in [0.05, 0.1) is 0 Å². The van der Waals surface area contributed by atoms with E-state index in [0.29, 0.717) is 0 Å². The lowest BCUT2D eigenvalue weighted by atomic mass is 10.2. The fraction of sp³-hybridized carbons (Fsp3) is 0.200. The Bertz CT molecular complexity index is 441. The number of aromatic nitrogens is 2. The van der Waals surface area contributed by atoms with Crippen LogP contribution in [0.3, 0.4) is 0 Å². The van der Waals surface area contributed by atoms with Gasteiger partial charge in [0.2, 0.25) is 0 Å². The van der Waals surface area contributed by atoms with Gasteiger partial charge >= 0.3 is 0 Å². The van der Waals surface area contributed by atoms with E-state index in [-0.39, 0.29) is 0 Å². The first-order valence-electron chi connectivity index (χ1n) is 4.52. The predicted octanol–water partition coefficient (Wildman–Crippen LogP) is 2.93. The van der Waals surface area contributed by atoms with Crippen LogP contribution < -0.4 is 5.32 Å². The van der Waals surface area contributed by atoms with Crippen molar-refractivity contribution in [1.29, 1.82) is 0 Å². The number of nitrogens with one attached hydrogen (secondary N) is 1. The summed E-state index contributed by atoms with van der Waals surface area (Å²) in [7, 11) is 1.87. The molecule has 3 nitrogen and oxygen atoms in total. The van der Waals surface area contributed by atoms with Crippen LogP contribution in [0.4, 0.5) is 5.13 Å². The van der Waals surface area contributed by atoms with Crippen LogP contribution in [-0.2, 0) is 6.42 Å². The van der Waals surface area contributed by atoms with E-state index in [2.05, 4.69) is 31.2 Å². The minimum absolute atomic E-state index is 0.820. The maximum Gasteiger partial charge on any atom is 0.183 e. The third kappa shape index (κ3) is 2.54. The van der Waals surface area contributed by atoms with Crippen molar-refractivity contribution in [3.63, 3.8) is 0 Å². The zero-order valence-corrected chi connectivity index (χ0v) is 10.6. The first-order valence-corrected chi connectivity index (χ1v) is 6.13. The normalized spacial score (nSPS) is 10.3. The van der Waals surface area contributed by atoms with Crippen molar-refractivity contribution in [3.05, 3.63) is 39.6 Å². The Balaban J connectivity index is 2.21. The molecular weight excluding hydrogens is 274 g/mol. The van der Waals surface area contributed by atoms with Gasteiger partial charge in [-0.3, -0.25) is 4.98 Å². The fourth-order valence-electron chi connectivity index (χ4n) is 1.22. The highest BCUT2D eigenvalue weighted by molar-refractivity contribution is 9.10. The first-order chi connectivity index (χ1) is 7.29. The van der Waals surface area contributed by atoms with Crippen molar-refractivity contribution in [2.75, 3.05) is 12.4 Å². The van der Waals surface area contributed by atoms with Gasteiger partial charge in [0.25, 0.3) is 0 Å². The van der Waals surface area contributed by atoms with Crippen LogP contribution in [0.5, 0.6) is 0 Å². The molecular formula is C10H10BrN3S. The summed E-state index contributed by atoms with van der Waals surface area (Å²) in [6, 6.07) is 5.94. The Morgan fingerprint density at radius 2 is 2.33 bits per heavy atom. The molecule has 0 saturated heterocycles. The molecule has 2 rings (SSSR count). The molecule has 0 fully saturated rings. The number of rotatable bonds is 3. The summed E-state index contributed by atoms with van der Waals surface area (Å²) in [5.41, 5.74) is 1.06. The van der Waals surface area contributed by atoms with E-state index < -0.39 is 0 Å². The molecule has 15 heavy (non-hydrogen) atoms. The summed E-state index contributed by atoms with van der Waals surface area (Å²) < 4.78 is 0.905. The van der Waals surface area contributed by atoms with Crippen LogP contribution in [0, 0.1) is 0 Å². The minimum atomic E-state index is 0.820. The van der Waals surface area contributed by atoms with Crippen LogP contribution in [0.15, 0.2) is 29.0 Å². The molecule has 2 aromatic rings.